The van der Waals surface area contributed by atoms with Gasteiger partial charge in [0, 0.05) is 44.3 Å². The Morgan fingerprint density at radius 1 is 0.825 bits per heavy atom. The first-order valence-corrected chi connectivity index (χ1v) is 14.3. The predicted octanol–water partition coefficient (Wildman–Crippen LogP) is 7.83. The zero-order chi connectivity index (χ0) is 26.1. The van der Waals surface area contributed by atoms with Crippen molar-refractivity contribution < 1.29 is 9.15 Å². The molecule has 0 N–H and O–H groups in total. The highest BCUT2D eigenvalue weighted by atomic mass is 16.5. The number of rotatable bonds is 1. The van der Waals surface area contributed by atoms with Gasteiger partial charge in [0.1, 0.15) is 17.3 Å². The second kappa shape index (κ2) is 7.25. The Labute approximate surface area is 230 Å². The van der Waals surface area contributed by atoms with E-state index in [0.717, 1.165) is 47.6 Å². The number of ether oxygens (including phenoxy) is 1. The molecule has 0 saturated carbocycles. The maximum atomic E-state index is 6.73. The van der Waals surface area contributed by atoms with E-state index in [1.165, 1.54) is 65.4 Å². The van der Waals surface area contributed by atoms with Gasteiger partial charge in [-0.15, -0.1) is 0 Å². The van der Waals surface area contributed by atoms with Crippen molar-refractivity contribution in [2.24, 2.45) is 0 Å². The summed E-state index contributed by atoms with van der Waals surface area (Å²) in [5.41, 5.74) is 9.69. The third-order valence-corrected chi connectivity index (χ3v) is 9.36. The van der Waals surface area contributed by atoms with Gasteiger partial charge in [-0.1, -0.05) is 72.3 Å². The van der Waals surface area contributed by atoms with Gasteiger partial charge < -0.3 is 13.6 Å². The van der Waals surface area contributed by atoms with E-state index in [0.29, 0.717) is 0 Å². The van der Waals surface area contributed by atoms with Crippen LogP contribution in [0.2, 0.25) is 0 Å². The fourth-order valence-corrected chi connectivity index (χ4v) is 7.62. The minimum atomic E-state index is 0.236. The fraction of sp³-hybridized carbons (Fsp3) is 0.135. The van der Waals surface area contributed by atoms with Gasteiger partial charge in [0.25, 0.3) is 0 Å². The first-order chi connectivity index (χ1) is 19.7. The Balaban J connectivity index is 1.44. The Morgan fingerprint density at radius 3 is 2.67 bits per heavy atom. The van der Waals surface area contributed by atoms with Gasteiger partial charge in [-0.3, -0.25) is 0 Å². The Bertz CT molecular complexity index is 2400. The lowest BCUT2D eigenvalue weighted by atomic mass is 9.91. The van der Waals surface area contributed by atoms with Crippen molar-refractivity contribution in [1.82, 2.24) is 4.40 Å². The SMILES string of the molecule is Cc1cccc(-c2cc3c4c(n5c3c(c2)c2ccc3c6c(oc3c25)CCC=C6)=C2Oc3ccccc3C2CC=4)c1. The molecule has 190 valence electrons. The minimum Gasteiger partial charge on any atom is -0.459 e. The lowest BCUT2D eigenvalue weighted by Gasteiger charge is -2.12. The second-order valence-corrected chi connectivity index (χ2v) is 11.6. The molecule has 0 bridgehead atoms. The molecule has 3 nitrogen and oxygen atoms in total. The number of furan rings is 1. The molecule has 0 saturated heterocycles. The summed E-state index contributed by atoms with van der Waals surface area (Å²) in [6.45, 7) is 2.16. The molecule has 10 rings (SSSR count). The van der Waals surface area contributed by atoms with Gasteiger partial charge in [-0.05, 0) is 55.2 Å². The van der Waals surface area contributed by atoms with Crippen LogP contribution in [0.3, 0.4) is 0 Å². The summed E-state index contributed by atoms with van der Waals surface area (Å²) in [6, 6.07) is 26.7. The molecule has 4 aromatic carbocycles. The van der Waals surface area contributed by atoms with Crippen molar-refractivity contribution >= 4 is 56.1 Å². The number of benzene rings is 4. The molecular formula is C37H25NO2. The van der Waals surface area contributed by atoms with Gasteiger partial charge in [-0.2, -0.15) is 0 Å². The van der Waals surface area contributed by atoms with Gasteiger partial charge >= 0.3 is 0 Å². The van der Waals surface area contributed by atoms with E-state index in [-0.39, 0.29) is 5.92 Å². The first kappa shape index (κ1) is 21.1. The summed E-state index contributed by atoms with van der Waals surface area (Å²) in [7, 11) is 0. The van der Waals surface area contributed by atoms with E-state index in [1.807, 2.05) is 0 Å². The summed E-state index contributed by atoms with van der Waals surface area (Å²) in [5.74, 6) is 3.39. The van der Waals surface area contributed by atoms with Crippen LogP contribution >= 0.6 is 0 Å². The number of para-hydroxylation sites is 1. The zero-order valence-corrected chi connectivity index (χ0v) is 22.1. The minimum absolute atomic E-state index is 0.236. The molecule has 1 atom stereocenters. The average molecular weight is 516 g/mol. The van der Waals surface area contributed by atoms with Crippen LogP contribution in [0.4, 0.5) is 0 Å². The van der Waals surface area contributed by atoms with E-state index in [2.05, 4.69) is 102 Å². The van der Waals surface area contributed by atoms with E-state index in [9.17, 15) is 0 Å². The molecule has 0 fully saturated rings. The molecule has 3 aliphatic rings. The summed E-state index contributed by atoms with van der Waals surface area (Å²) in [6.07, 6.45) is 9.87. The van der Waals surface area contributed by atoms with Crippen LogP contribution in [0.25, 0.3) is 67.2 Å². The molecule has 4 heterocycles. The van der Waals surface area contributed by atoms with E-state index < -0.39 is 0 Å². The monoisotopic (exact) mass is 515 g/mol. The molecule has 1 aliphatic heterocycles. The molecule has 0 spiro atoms. The third kappa shape index (κ3) is 2.51. The zero-order valence-electron chi connectivity index (χ0n) is 22.1. The van der Waals surface area contributed by atoms with Crippen molar-refractivity contribution in [1.29, 1.82) is 0 Å². The molecule has 0 amide bonds. The summed E-state index contributed by atoms with van der Waals surface area (Å²) >= 11 is 0. The van der Waals surface area contributed by atoms with Crippen LogP contribution in [0, 0.1) is 6.92 Å². The maximum absolute atomic E-state index is 6.73. The number of nitrogens with zero attached hydrogens (tertiary/aromatic N) is 1. The highest BCUT2D eigenvalue weighted by Crippen LogP contribution is 2.46. The first-order valence-electron chi connectivity index (χ1n) is 14.3. The number of allylic oxidation sites excluding steroid dienone is 1. The molecule has 40 heavy (non-hydrogen) atoms. The average Bonchev–Trinajstić information content (AvgIpc) is 3.72. The van der Waals surface area contributed by atoms with E-state index >= 15 is 0 Å². The molecule has 3 heteroatoms. The molecular weight excluding hydrogens is 490 g/mol. The van der Waals surface area contributed by atoms with Crippen LogP contribution in [0.1, 0.15) is 41.2 Å². The summed E-state index contributed by atoms with van der Waals surface area (Å²) < 4.78 is 15.9. The van der Waals surface area contributed by atoms with Gasteiger partial charge in [-0.25, -0.2) is 0 Å². The Kier molecular flexibility index (Phi) is 3.83. The highest BCUT2D eigenvalue weighted by Gasteiger charge is 2.34. The largest absolute Gasteiger partial charge is 0.459 e. The highest BCUT2D eigenvalue weighted by molar-refractivity contribution is 6.22. The van der Waals surface area contributed by atoms with Crippen LogP contribution in [0.5, 0.6) is 5.75 Å². The normalized spacial score (nSPS) is 17.3. The topological polar surface area (TPSA) is 26.8 Å². The summed E-state index contributed by atoms with van der Waals surface area (Å²) in [4.78, 5) is 0. The molecule has 1 unspecified atom stereocenters. The van der Waals surface area contributed by atoms with Crippen molar-refractivity contribution in [3.8, 4) is 16.9 Å². The standard InChI is InChI=1S/C37H25NO2/c1-20-7-6-8-21(17-20)22-18-29-25-13-15-27-23-9-2-4-11-31(23)39-36(27)34(25)38-33(29)30(19-22)26-14-16-28-24-10-3-5-12-32(24)40-37(28)35(26)38/h2-4,6-11,13-14,16-19,27H,5,12,15H2,1H3. The number of aromatic nitrogens is 1. The Morgan fingerprint density at radius 2 is 1.73 bits per heavy atom. The third-order valence-electron chi connectivity index (χ3n) is 9.36. The molecule has 0 radical (unpaired) electrons. The van der Waals surface area contributed by atoms with E-state index in [4.69, 9.17) is 9.15 Å². The lowest BCUT2D eigenvalue weighted by Crippen LogP contribution is -2.34. The molecule has 7 aromatic rings. The summed E-state index contributed by atoms with van der Waals surface area (Å²) in [5, 5.41) is 7.45. The molecule has 2 aliphatic carbocycles. The second-order valence-electron chi connectivity index (χ2n) is 11.6. The quantitative estimate of drug-likeness (QED) is 0.223. The Hall–Kier alpha value is -4.76. The number of hydrogen-bond donors (Lipinski definition) is 0. The lowest BCUT2D eigenvalue weighted by molar-refractivity contribution is 0.506. The number of aryl methyl sites for hydroxylation is 2. The van der Waals surface area contributed by atoms with Gasteiger partial charge in [0.2, 0.25) is 0 Å². The van der Waals surface area contributed by atoms with Crippen LogP contribution in [0.15, 0.2) is 83.3 Å². The van der Waals surface area contributed by atoms with Crippen molar-refractivity contribution in [3.05, 3.63) is 112 Å². The smallest absolute Gasteiger partial charge is 0.159 e. The van der Waals surface area contributed by atoms with Crippen LogP contribution in [-0.2, 0) is 6.42 Å². The maximum Gasteiger partial charge on any atom is 0.159 e. The van der Waals surface area contributed by atoms with E-state index in [1.54, 1.807) is 0 Å². The van der Waals surface area contributed by atoms with Gasteiger partial charge in [0.05, 0.1) is 22.3 Å². The fourth-order valence-electron chi connectivity index (χ4n) is 7.62. The van der Waals surface area contributed by atoms with Crippen molar-refractivity contribution in [2.75, 3.05) is 0 Å². The van der Waals surface area contributed by atoms with Crippen LogP contribution in [-0.4, -0.2) is 4.40 Å². The van der Waals surface area contributed by atoms with Crippen molar-refractivity contribution in [2.45, 2.75) is 32.1 Å². The number of hydrogen-bond acceptors (Lipinski definition) is 2. The predicted molar refractivity (Wildman–Crippen MR) is 162 cm³/mol. The van der Waals surface area contributed by atoms with Crippen molar-refractivity contribution in [3.63, 3.8) is 0 Å². The van der Waals surface area contributed by atoms with Gasteiger partial charge in [0.15, 0.2) is 5.58 Å². The molecule has 3 aromatic heterocycles. The van der Waals surface area contributed by atoms with Crippen LogP contribution < -0.4 is 15.3 Å². The number of fused-ring (bicyclic) bond motifs is 13.